The molecule has 0 bridgehead atoms. The zero-order valence-corrected chi connectivity index (χ0v) is 17.0. The molecule has 0 saturated carbocycles. The zero-order valence-electron chi connectivity index (χ0n) is 17.0. The van der Waals surface area contributed by atoms with Gasteiger partial charge in [0.2, 0.25) is 0 Å². The Labute approximate surface area is 167 Å². The molecular weight excluding hydrogens is 348 g/mol. The van der Waals surface area contributed by atoms with Crippen LogP contribution in [0.15, 0.2) is 48.8 Å². The second kappa shape index (κ2) is 10.0. The van der Waals surface area contributed by atoms with Crippen LogP contribution < -0.4 is 0 Å². The quantitative estimate of drug-likeness (QED) is 0.463. The van der Waals surface area contributed by atoms with E-state index in [1.54, 1.807) is 29.4 Å². The molecule has 0 aliphatic rings. The van der Waals surface area contributed by atoms with Crippen molar-refractivity contribution >= 4 is 16.9 Å². The predicted octanol–water partition coefficient (Wildman–Crippen LogP) is 5.06. The van der Waals surface area contributed by atoms with Crippen molar-refractivity contribution in [3.05, 3.63) is 60.2 Å². The molecule has 28 heavy (non-hydrogen) atoms. The highest BCUT2D eigenvalue weighted by Gasteiger charge is 2.16. The third kappa shape index (κ3) is 4.97. The zero-order chi connectivity index (χ0) is 19.8. The number of rotatable bonds is 10. The minimum Gasteiger partial charge on any atom is -0.334 e. The highest BCUT2D eigenvalue weighted by molar-refractivity contribution is 5.93. The van der Waals surface area contributed by atoms with Gasteiger partial charge in [0, 0.05) is 31.5 Å². The second-order valence-corrected chi connectivity index (χ2v) is 7.33. The van der Waals surface area contributed by atoms with Gasteiger partial charge in [-0.25, -0.2) is 4.98 Å². The number of benzene rings is 1. The van der Waals surface area contributed by atoms with Crippen LogP contribution in [0.2, 0.25) is 0 Å². The van der Waals surface area contributed by atoms with Gasteiger partial charge in [0.15, 0.2) is 0 Å². The summed E-state index contributed by atoms with van der Waals surface area (Å²) in [5, 5.41) is 0. The van der Waals surface area contributed by atoms with Gasteiger partial charge in [-0.15, -0.1) is 0 Å². The van der Waals surface area contributed by atoms with Gasteiger partial charge in [-0.3, -0.25) is 9.78 Å². The maximum Gasteiger partial charge on any atom is 0.254 e. The van der Waals surface area contributed by atoms with Crippen molar-refractivity contribution < 1.29 is 4.79 Å². The van der Waals surface area contributed by atoms with Gasteiger partial charge >= 0.3 is 0 Å². The molecule has 5 nitrogen and oxygen atoms in total. The highest BCUT2D eigenvalue weighted by atomic mass is 16.2. The molecule has 0 atom stereocenters. The minimum atomic E-state index is -0.0134. The fourth-order valence-electron chi connectivity index (χ4n) is 3.54. The van der Waals surface area contributed by atoms with Crippen molar-refractivity contribution in [3.8, 4) is 0 Å². The Morgan fingerprint density at radius 2 is 1.71 bits per heavy atom. The van der Waals surface area contributed by atoms with E-state index in [1.807, 2.05) is 19.2 Å². The number of pyridine rings is 1. The molecule has 0 spiro atoms. The first-order valence-electron chi connectivity index (χ1n) is 10.3. The number of imidazole rings is 1. The van der Waals surface area contributed by atoms with Crippen molar-refractivity contribution in [1.82, 2.24) is 19.4 Å². The van der Waals surface area contributed by atoms with Gasteiger partial charge in [0.1, 0.15) is 5.82 Å². The Bertz CT molecular complexity index is 888. The summed E-state index contributed by atoms with van der Waals surface area (Å²) < 4.78 is 2.28. The molecule has 0 unspecified atom stereocenters. The molecule has 1 aromatic carbocycles. The summed E-state index contributed by atoms with van der Waals surface area (Å²) in [6.45, 7) is 3.68. The van der Waals surface area contributed by atoms with Gasteiger partial charge in [0.05, 0.1) is 17.6 Å². The Kier molecular flexibility index (Phi) is 7.18. The number of amides is 1. The topological polar surface area (TPSA) is 51.0 Å². The lowest BCUT2D eigenvalue weighted by Crippen LogP contribution is -2.27. The number of nitrogens with zero attached hydrogens (tertiary/aromatic N) is 4. The summed E-state index contributed by atoms with van der Waals surface area (Å²) >= 11 is 0. The Hall–Kier alpha value is -2.69. The third-order valence-electron chi connectivity index (χ3n) is 5.12. The van der Waals surface area contributed by atoms with Crippen molar-refractivity contribution in [1.29, 1.82) is 0 Å². The lowest BCUT2D eigenvalue weighted by molar-refractivity contribution is 0.0780. The SMILES string of the molecule is CCCCCCCCn1c(CN(C)C(=O)c2ccncc2)nc2ccccc21. The molecule has 0 saturated heterocycles. The average Bonchev–Trinajstić information content (AvgIpc) is 3.07. The number of fused-ring (bicyclic) bond motifs is 1. The number of para-hydroxylation sites is 2. The summed E-state index contributed by atoms with van der Waals surface area (Å²) in [4.78, 5) is 23.2. The molecule has 2 heterocycles. The van der Waals surface area contributed by atoms with Gasteiger partial charge < -0.3 is 9.47 Å². The van der Waals surface area contributed by atoms with Crippen LogP contribution in [0.1, 0.15) is 61.6 Å². The smallest absolute Gasteiger partial charge is 0.254 e. The predicted molar refractivity (Wildman–Crippen MR) is 113 cm³/mol. The van der Waals surface area contributed by atoms with E-state index < -0.39 is 0 Å². The molecular formula is C23H30N4O. The number of carbonyl (C=O) groups is 1. The van der Waals surface area contributed by atoms with E-state index in [9.17, 15) is 4.79 Å². The first kappa shape index (κ1) is 20.1. The van der Waals surface area contributed by atoms with E-state index in [4.69, 9.17) is 4.98 Å². The van der Waals surface area contributed by atoms with Gasteiger partial charge in [0.25, 0.3) is 5.91 Å². The van der Waals surface area contributed by atoms with Crippen molar-refractivity contribution in [2.45, 2.75) is 58.5 Å². The fraction of sp³-hybridized carbons (Fsp3) is 0.435. The van der Waals surface area contributed by atoms with Crippen LogP contribution in [0, 0.1) is 0 Å². The summed E-state index contributed by atoms with van der Waals surface area (Å²) in [6, 6.07) is 11.7. The third-order valence-corrected chi connectivity index (χ3v) is 5.12. The molecule has 0 radical (unpaired) electrons. The molecule has 0 N–H and O–H groups in total. The summed E-state index contributed by atoms with van der Waals surface area (Å²) in [7, 11) is 1.83. The lowest BCUT2D eigenvalue weighted by atomic mass is 10.1. The molecule has 0 aliphatic carbocycles. The number of hydrogen-bond acceptors (Lipinski definition) is 3. The van der Waals surface area contributed by atoms with Crippen LogP contribution in [-0.2, 0) is 13.1 Å². The van der Waals surface area contributed by atoms with Crippen LogP contribution in [0.5, 0.6) is 0 Å². The normalized spacial score (nSPS) is 11.1. The standard InChI is InChI=1S/C23H30N4O/c1-3-4-5-6-7-10-17-27-21-12-9-8-11-20(21)25-22(27)18-26(2)23(28)19-13-15-24-16-14-19/h8-9,11-16H,3-7,10,17-18H2,1-2H3. The Morgan fingerprint density at radius 1 is 1.00 bits per heavy atom. The van der Waals surface area contributed by atoms with Crippen LogP contribution >= 0.6 is 0 Å². The van der Waals surface area contributed by atoms with E-state index in [0.717, 1.165) is 29.8 Å². The molecule has 0 aliphatic heterocycles. The first-order chi connectivity index (χ1) is 13.7. The second-order valence-electron chi connectivity index (χ2n) is 7.33. The number of carbonyl (C=O) groups excluding carboxylic acids is 1. The van der Waals surface area contributed by atoms with E-state index in [2.05, 4.69) is 28.6 Å². The van der Waals surface area contributed by atoms with Crippen LogP contribution in [0.3, 0.4) is 0 Å². The molecule has 2 aromatic heterocycles. The monoisotopic (exact) mass is 378 g/mol. The van der Waals surface area contributed by atoms with Gasteiger partial charge in [-0.2, -0.15) is 0 Å². The van der Waals surface area contributed by atoms with Gasteiger partial charge in [-0.05, 0) is 30.7 Å². The van der Waals surface area contributed by atoms with Gasteiger partial charge in [-0.1, -0.05) is 51.2 Å². The maximum atomic E-state index is 12.7. The van der Waals surface area contributed by atoms with E-state index >= 15 is 0 Å². The lowest BCUT2D eigenvalue weighted by Gasteiger charge is -2.18. The summed E-state index contributed by atoms with van der Waals surface area (Å²) in [5.74, 6) is 0.931. The number of aromatic nitrogens is 3. The Balaban J connectivity index is 1.72. The fourth-order valence-corrected chi connectivity index (χ4v) is 3.54. The van der Waals surface area contributed by atoms with Crippen molar-refractivity contribution in [3.63, 3.8) is 0 Å². The molecule has 1 amide bonds. The summed E-state index contributed by atoms with van der Waals surface area (Å²) in [5.41, 5.74) is 2.79. The van der Waals surface area contributed by atoms with Crippen LogP contribution in [-0.4, -0.2) is 32.4 Å². The van der Waals surface area contributed by atoms with E-state index in [-0.39, 0.29) is 5.91 Å². The molecule has 3 rings (SSSR count). The van der Waals surface area contributed by atoms with Crippen molar-refractivity contribution in [2.75, 3.05) is 7.05 Å². The summed E-state index contributed by atoms with van der Waals surface area (Å²) in [6.07, 6.45) is 10.9. The minimum absolute atomic E-state index is 0.0134. The average molecular weight is 379 g/mol. The maximum absolute atomic E-state index is 12.7. The highest BCUT2D eigenvalue weighted by Crippen LogP contribution is 2.19. The number of aryl methyl sites for hydroxylation is 1. The first-order valence-corrected chi connectivity index (χ1v) is 10.3. The molecule has 5 heteroatoms. The van der Waals surface area contributed by atoms with E-state index in [0.29, 0.717) is 12.1 Å². The van der Waals surface area contributed by atoms with Crippen LogP contribution in [0.25, 0.3) is 11.0 Å². The largest absolute Gasteiger partial charge is 0.334 e. The molecule has 148 valence electrons. The Morgan fingerprint density at radius 3 is 2.50 bits per heavy atom. The van der Waals surface area contributed by atoms with Crippen LogP contribution in [0.4, 0.5) is 0 Å². The molecule has 0 fully saturated rings. The number of hydrogen-bond donors (Lipinski definition) is 0. The molecule has 3 aromatic rings. The van der Waals surface area contributed by atoms with E-state index in [1.165, 1.54) is 32.1 Å². The number of unbranched alkanes of at least 4 members (excludes halogenated alkanes) is 5. The van der Waals surface area contributed by atoms with Crippen molar-refractivity contribution in [2.24, 2.45) is 0 Å².